The van der Waals surface area contributed by atoms with E-state index >= 15 is 0 Å². The Hall–Kier alpha value is -0.900. The first-order valence-corrected chi connectivity index (χ1v) is 5.92. The van der Waals surface area contributed by atoms with Crippen LogP contribution in [0.3, 0.4) is 0 Å². The summed E-state index contributed by atoms with van der Waals surface area (Å²) in [7, 11) is 0. The van der Waals surface area contributed by atoms with E-state index in [1.54, 1.807) is 0 Å². The maximum atomic E-state index is 9.35. The molecular weight excluding hydrogens is 216 g/mol. The van der Waals surface area contributed by atoms with Crippen LogP contribution in [-0.4, -0.2) is 23.4 Å². The van der Waals surface area contributed by atoms with Crippen molar-refractivity contribution in [2.24, 2.45) is 5.41 Å². The van der Waals surface area contributed by atoms with Gasteiger partial charge in [0.2, 0.25) is 0 Å². The number of aliphatic hydroxyl groups excluding tert-OH is 2. The number of hydrogen-bond donors (Lipinski definition) is 2. The van der Waals surface area contributed by atoms with E-state index in [2.05, 4.69) is 20.8 Å². The lowest BCUT2D eigenvalue weighted by atomic mass is 9.83. The molecule has 0 spiro atoms. The van der Waals surface area contributed by atoms with E-state index in [0.717, 1.165) is 11.1 Å². The van der Waals surface area contributed by atoms with Gasteiger partial charge in [-0.2, -0.15) is 0 Å². The molecule has 0 amide bonds. The van der Waals surface area contributed by atoms with Gasteiger partial charge in [0.25, 0.3) is 0 Å². The third-order valence-corrected chi connectivity index (χ3v) is 2.67. The van der Waals surface area contributed by atoms with Gasteiger partial charge in [-0.1, -0.05) is 45.0 Å². The molecule has 0 aliphatic rings. The molecule has 0 aliphatic carbocycles. The van der Waals surface area contributed by atoms with Crippen LogP contribution in [0.5, 0.6) is 0 Å². The second kappa shape index (κ2) is 6.15. The molecule has 1 aromatic rings. The minimum atomic E-state index is -0.127. The van der Waals surface area contributed by atoms with Crippen molar-refractivity contribution in [3.63, 3.8) is 0 Å². The predicted octanol–water partition coefficient (Wildman–Crippen LogP) is 2.28. The fourth-order valence-electron chi connectivity index (χ4n) is 1.91. The van der Waals surface area contributed by atoms with Crippen LogP contribution in [0.25, 0.3) is 0 Å². The average molecular weight is 238 g/mol. The van der Waals surface area contributed by atoms with Gasteiger partial charge in [-0.15, -0.1) is 0 Å². The summed E-state index contributed by atoms with van der Waals surface area (Å²) in [5.41, 5.74) is 1.79. The summed E-state index contributed by atoms with van der Waals surface area (Å²) < 4.78 is 5.72. The van der Waals surface area contributed by atoms with Gasteiger partial charge in [-0.05, 0) is 16.5 Å². The lowest BCUT2D eigenvalue weighted by Crippen LogP contribution is -2.23. The zero-order valence-corrected chi connectivity index (χ0v) is 10.8. The molecule has 3 nitrogen and oxygen atoms in total. The first-order chi connectivity index (χ1) is 8.00. The summed E-state index contributed by atoms with van der Waals surface area (Å²) in [5.74, 6) is 0. The van der Waals surface area contributed by atoms with E-state index < -0.39 is 0 Å². The van der Waals surface area contributed by atoms with E-state index in [-0.39, 0.29) is 24.7 Å². The molecule has 1 aromatic carbocycles. The first kappa shape index (κ1) is 14.2. The number of benzene rings is 1. The van der Waals surface area contributed by atoms with Crippen LogP contribution < -0.4 is 0 Å². The number of ether oxygens (including phenoxy) is 1. The molecule has 0 radical (unpaired) electrons. The molecule has 0 fully saturated rings. The molecule has 0 heterocycles. The SMILES string of the molecule is CC(C)(C)C(OCCO)c1ccccc1CO. The van der Waals surface area contributed by atoms with Crippen LogP contribution in [0.15, 0.2) is 24.3 Å². The summed E-state index contributed by atoms with van der Waals surface area (Å²) in [6.07, 6.45) is -0.127. The van der Waals surface area contributed by atoms with Gasteiger partial charge >= 0.3 is 0 Å². The van der Waals surface area contributed by atoms with Gasteiger partial charge in [-0.3, -0.25) is 0 Å². The largest absolute Gasteiger partial charge is 0.394 e. The van der Waals surface area contributed by atoms with E-state index in [1.165, 1.54) is 0 Å². The molecular formula is C14H22O3. The third-order valence-electron chi connectivity index (χ3n) is 2.67. The number of aliphatic hydroxyl groups is 2. The Morgan fingerprint density at radius 3 is 2.35 bits per heavy atom. The fourth-order valence-corrected chi connectivity index (χ4v) is 1.91. The molecule has 96 valence electrons. The molecule has 0 aromatic heterocycles. The van der Waals surface area contributed by atoms with Crippen LogP contribution in [0.1, 0.15) is 38.0 Å². The van der Waals surface area contributed by atoms with Gasteiger partial charge < -0.3 is 14.9 Å². The highest BCUT2D eigenvalue weighted by atomic mass is 16.5. The predicted molar refractivity (Wildman–Crippen MR) is 67.6 cm³/mol. The van der Waals surface area contributed by atoms with Crippen molar-refractivity contribution >= 4 is 0 Å². The minimum Gasteiger partial charge on any atom is -0.394 e. The van der Waals surface area contributed by atoms with Crippen molar-refractivity contribution in [3.8, 4) is 0 Å². The van der Waals surface area contributed by atoms with Gasteiger partial charge in [0, 0.05) is 0 Å². The van der Waals surface area contributed by atoms with E-state index in [9.17, 15) is 5.11 Å². The zero-order chi connectivity index (χ0) is 12.9. The Balaban J connectivity index is 3.03. The van der Waals surface area contributed by atoms with Crippen LogP contribution in [-0.2, 0) is 11.3 Å². The maximum Gasteiger partial charge on any atom is 0.0877 e. The van der Waals surface area contributed by atoms with Gasteiger partial charge in [0.1, 0.15) is 0 Å². The Morgan fingerprint density at radius 2 is 1.82 bits per heavy atom. The summed E-state index contributed by atoms with van der Waals surface area (Å²) in [4.78, 5) is 0. The summed E-state index contributed by atoms with van der Waals surface area (Å²) in [5, 5.41) is 18.2. The van der Waals surface area contributed by atoms with Crippen molar-refractivity contribution in [2.45, 2.75) is 33.5 Å². The van der Waals surface area contributed by atoms with Crippen molar-refractivity contribution in [2.75, 3.05) is 13.2 Å². The molecule has 1 unspecified atom stereocenters. The molecule has 1 atom stereocenters. The first-order valence-electron chi connectivity index (χ1n) is 5.92. The number of rotatable bonds is 5. The smallest absolute Gasteiger partial charge is 0.0877 e. The highest BCUT2D eigenvalue weighted by molar-refractivity contribution is 5.29. The lowest BCUT2D eigenvalue weighted by molar-refractivity contribution is -0.0344. The molecule has 1 rings (SSSR count). The van der Waals surface area contributed by atoms with Crippen LogP contribution in [0.4, 0.5) is 0 Å². The van der Waals surface area contributed by atoms with Gasteiger partial charge in [-0.25, -0.2) is 0 Å². The number of hydrogen-bond acceptors (Lipinski definition) is 3. The van der Waals surface area contributed by atoms with E-state index in [1.807, 2.05) is 24.3 Å². The molecule has 3 heteroatoms. The molecule has 0 saturated heterocycles. The minimum absolute atomic E-state index is 0.00520. The maximum absolute atomic E-state index is 9.35. The van der Waals surface area contributed by atoms with E-state index in [4.69, 9.17) is 9.84 Å². The normalized spacial score (nSPS) is 13.7. The topological polar surface area (TPSA) is 49.7 Å². The third kappa shape index (κ3) is 3.80. The lowest BCUT2D eigenvalue weighted by Gasteiger charge is -2.32. The molecule has 0 saturated carbocycles. The fraction of sp³-hybridized carbons (Fsp3) is 0.571. The standard InChI is InChI=1S/C14H22O3/c1-14(2,3)13(17-9-8-15)12-7-5-4-6-11(12)10-16/h4-7,13,15-16H,8-10H2,1-3H3. The Kier molecular flexibility index (Phi) is 5.12. The van der Waals surface area contributed by atoms with Crippen molar-refractivity contribution in [3.05, 3.63) is 35.4 Å². The van der Waals surface area contributed by atoms with Crippen LogP contribution in [0, 0.1) is 5.41 Å². The monoisotopic (exact) mass is 238 g/mol. The summed E-state index contributed by atoms with van der Waals surface area (Å²) in [6.45, 7) is 6.58. The van der Waals surface area contributed by atoms with Gasteiger partial charge in [0.05, 0.1) is 25.9 Å². The second-order valence-electron chi connectivity index (χ2n) is 5.20. The summed E-state index contributed by atoms with van der Waals surface area (Å²) in [6, 6.07) is 7.71. The highest BCUT2D eigenvalue weighted by Gasteiger charge is 2.28. The van der Waals surface area contributed by atoms with Gasteiger partial charge in [0.15, 0.2) is 0 Å². The summed E-state index contributed by atoms with van der Waals surface area (Å²) >= 11 is 0. The van der Waals surface area contributed by atoms with Crippen LogP contribution >= 0.6 is 0 Å². The molecule has 2 N–H and O–H groups in total. The van der Waals surface area contributed by atoms with Crippen molar-refractivity contribution < 1.29 is 14.9 Å². The average Bonchev–Trinajstić information content (AvgIpc) is 2.28. The second-order valence-corrected chi connectivity index (χ2v) is 5.20. The Morgan fingerprint density at radius 1 is 1.18 bits per heavy atom. The zero-order valence-electron chi connectivity index (χ0n) is 10.8. The molecule has 17 heavy (non-hydrogen) atoms. The molecule has 0 bridgehead atoms. The van der Waals surface area contributed by atoms with Crippen molar-refractivity contribution in [1.82, 2.24) is 0 Å². The Bertz CT molecular complexity index is 342. The van der Waals surface area contributed by atoms with Crippen molar-refractivity contribution in [1.29, 1.82) is 0 Å². The molecule has 0 aliphatic heterocycles. The quantitative estimate of drug-likeness (QED) is 0.827. The highest BCUT2D eigenvalue weighted by Crippen LogP contribution is 2.37. The van der Waals surface area contributed by atoms with E-state index in [0.29, 0.717) is 6.61 Å². The van der Waals surface area contributed by atoms with Crippen LogP contribution in [0.2, 0.25) is 0 Å². The Labute approximate surface area is 103 Å².